The Morgan fingerprint density at radius 1 is 0.488 bits per heavy atom. The van der Waals surface area contributed by atoms with E-state index >= 15 is 0 Å². The van der Waals surface area contributed by atoms with Crippen LogP contribution in [0.15, 0.2) is 109 Å². The van der Waals surface area contributed by atoms with Gasteiger partial charge in [0, 0.05) is 6.42 Å². The van der Waals surface area contributed by atoms with Gasteiger partial charge in [0.25, 0.3) is 0 Å². The van der Waals surface area contributed by atoms with Crippen LogP contribution in [0, 0.1) is 0 Å². The first-order chi connectivity index (χ1) is 40.2. The topological polar surface area (TPSA) is 175 Å². The van der Waals surface area contributed by atoms with Crippen LogP contribution < -0.4 is 5.32 Å². The fraction of sp³-hybridized carbons (Fsp3) is 0.718. The second kappa shape index (κ2) is 57.7. The number of ether oxygens (including phenoxy) is 3. The van der Waals surface area contributed by atoms with Crippen molar-refractivity contribution < 1.29 is 49.3 Å². The molecule has 1 heterocycles. The lowest BCUT2D eigenvalue weighted by molar-refractivity contribution is -0.305. The predicted octanol–water partition coefficient (Wildman–Crippen LogP) is 16.4. The maximum absolute atomic E-state index is 13.4. The Morgan fingerprint density at radius 2 is 0.878 bits per heavy atom. The van der Waals surface area contributed by atoms with Crippen LogP contribution in [0.3, 0.4) is 0 Å². The third-order valence-corrected chi connectivity index (χ3v) is 14.9. The fourth-order valence-corrected chi connectivity index (χ4v) is 9.68. The van der Waals surface area contributed by atoms with E-state index in [9.17, 15) is 35.1 Å². The first-order valence-electron chi connectivity index (χ1n) is 33.2. The summed E-state index contributed by atoms with van der Waals surface area (Å²) in [5, 5.41) is 57.1. The molecule has 11 nitrogen and oxygen atoms in total. The minimum atomic E-state index is -1.63. The van der Waals surface area contributed by atoms with Crippen LogP contribution in [0.25, 0.3) is 0 Å². The van der Waals surface area contributed by atoms with E-state index in [2.05, 4.69) is 123 Å². The summed E-state index contributed by atoms with van der Waals surface area (Å²) in [4.78, 5) is 26.6. The van der Waals surface area contributed by atoms with Gasteiger partial charge in [0.1, 0.15) is 24.4 Å². The molecule has 0 radical (unpaired) electrons. The third-order valence-electron chi connectivity index (χ3n) is 14.9. The molecule has 470 valence electrons. The minimum Gasteiger partial charge on any atom is -0.454 e. The highest BCUT2D eigenvalue weighted by Crippen LogP contribution is 2.26. The highest BCUT2D eigenvalue weighted by molar-refractivity contribution is 5.80. The largest absolute Gasteiger partial charge is 0.454 e. The number of allylic oxidation sites excluding steroid dienone is 17. The molecule has 0 aromatic rings. The van der Waals surface area contributed by atoms with Crippen molar-refractivity contribution in [2.45, 2.75) is 314 Å². The molecule has 8 atom stereocenters. The Kier molecular flexibility index (Phi) is 53.7. The second-order valence-electron chi connectivity index (χ2n) is 22.5. The van der Waals surface area contributed by atoms with Gasteiger partial charge in [-0.05, 0) is 109 Å². The van der Waals surface area contributed by atoms with Crippen molar-refractivity contribution >= 4 is 11.9 Å². The Hall–Kier alpha value is -3.68. The molecule has 1 aliphatic rings. The summed E-state index contributed by atoms with van der Waals surface area (Å²) < 4.78 is 17.6. The van der Waals surface area contributed by atoms with Gasteiger partial charge in [-0.3, -0.25) is 9.59 Å². The summed E-state index contributed by atoms with van der Waals surface area (Å²) in [6.45, 7) is 5.63. The lowest BCUT2D eigenvalue weighted by Crippen LogP contribution is -2.61. The van der Waals surface area contributed by atoms with E-state index in [0.717, 1.165) is 128 Å². The number of unbranched alkanes of at least 4 members (excludes halogenated alkanes) is 25. The van der Waals surface area contributed by atoms with Crippen LogP contribution in [0.5, 0.6) is 0 Å². The molecule has 1 amide bonds. The average Bonchev–Trinajstić information content (AvgIpc) is 3.66. The number of esters is 1. The maximum atomic E-state index is 13.4. The summed E-state index contributed by atoms with van der Waals surface area (Å²) in [5.74, 6) is -1.23. The first kappa shape index (κ1) is 76.3. The lowest BCUT2D eigenvalue weighted by atomic mass is 9.99. The molecular formula is C71H121NO10. The van der Waals surface area contributed by atoms with E-state index in [1.165, 1.54) is 89.9 Å². The normalized spacial score (nSPS) is 19.3. The molecule has 0 aromatic carbocycles. The van der Waals surface area contributed by atoms with Crippen LogP contribution in [-0.4, -0.2) is 99.6 Å². The van der Waals surface area contributed by atoms with Gasteiger partial charge in [-0.25, -0.2) is 0 Å². The van der Waals surface area contributed by atoms with Crippen LogP contribution in [0.2, 0.25) is 0 Å². The van der Waals surface area contributed by atoms with Crippen LogP contribution >= 0.6 is 0 Å². The number of carbonyl (C=O) groups excluding carboxylic acids is 2. The number of aliphatic hydroxyl groups excluding tert-OH is 5. The number of aliphatic hydroxyl groups is 5. The Balaban J connectivity index is 2.66. The van der Waals surface area contributed by atoms with E-state index < -0.39 is 67.4 Å². The summed E-state index contributed by atoms with van der Waals surface area (Å²) in [5.41, 5.74) is 0. The third kappa shape index (κ3) is 44.8. The molecule has 8 unspecified atom stereocenters. The van der Waals surface area contributed by atoms with E-state index in [1.54, 1.807) is 6.08 Å². The van der Waals surface area contributed by atoms with Crippen molar-refractivity contribution in [3.63, 3.8) is 0 Å². The number of rotatable bonds is 55. The second-order valence-corrected chi connectivity index (χ2v) is 22.5. The van der Waals surface area contributed by atoms with Gasteiger partial charge in [0.2, 0.25) is 5.91 Å². The Morgan fingerprint density at radius 3 is 1.34 bits per heavy atom. The van der Waals surface area contributed by atoms with Crippen molar-refractivity contribution in [2.75, 3.05) is 13.2 Å². The van der Waals surface area contributed by atoms with Gasteiger partial charge >= 0.3 is 5.97 Å². The molecule has 0 aliphatic carbocycles. The Labute approximate surface area is 500 Å². The van der Waals surface area contributed by atoms with E-state index in [1.807, 2.05) is 6.08 Å². The number of carbonyl (C=O) groups is 2. The summed E-state index contributed by atoms with van der Waals surface area (Å²) in [6.07, 6.45) is 68.3. The Bertz CT molecular complexity index is 1750. The van der Waals surface area contributed by atoms with Gasteiger partial charge in [0.15, 0.2) is 12.4 Å². The smallest absolute Gasteiger partial charge is 0.306 e. The van der Waals surface area contributed by atoms with Crippen LogP contribution in [0.1, 0.15) is 265 Å². The first-order valence-corrected chi connectivity index (χ1v) is 33.2. The zero-order chi connectivity index (χ0) is 59.6. The molecule has 0 spiro atoms. The van der Waals surface area contributed by atoms with Gasteiger partial charge < -0.3 is 45.1 Å². The van der Waals surface area contributed by atoms with Gasteiger partial charge in [-0.15, -0.1) is 0 Å². The summed E-state index contributed by atoms with van der Waals surface area (Å²) >= 11 is 0. The lowest BCUT2D eigenvalue weighted by Gasteiger charge is -2.41. The predicted molar refractivity (Wildman–Crippen MR) is 342 cm³/mol. The van der Waals surface area contributed by atoms with Crippen molar-refractivity contribution in [3.05, 3.63) is 109 Å². The van der Waals surface area contributed by atoms with Gasteiger partial charge in [0.05, 0.1) is 25.4 Å². The monoisotopic (exact) mass is 1150 g/mol. The molecule has 0 aromatic heterocycles. The van der Waals surface area contributed by atoms with Crippen LogP contribution in [-0.2, 0) is 23.8 Å². The highest BCUT2D eigenvalue weighted by atomic mass is 16.7. The SMILES string of the molecule is CC/C=C\C/C=C\C/C=C\C/C=C\C/C=C\CCCCCCC(O)C(=O)NC(COC1OC(CO)C(O)C(O)C1OC(=O)CCCCCCCCCC/C=C\C/C=C\C/C=C\CCCCC)C(O)/C=C/CCCCCCCCCCCC. The number of hydrogen-bond donors (Lipinski definition) is 6. The van der Waals surface area contributed by atoms with Crippen LogP contribution in [0.4, 0.5) is 0 Å². The molecular weight excluding hydrogens is 1030 g/mol. The van der Waals surface area contributed by atoms with Crippen molar-refractivity contribution in [2.24, 2.45) is 0 Å². The van der Waals surface area contributed by atoms with Crippen molar-refractivity contribution in [1.82, 2.24) is 5.32 Å². The number of nitrogens with one attached hydrogen (secondary N) is 1. The molecule has 6 N–H and O–H groups in total. The number of amides is 1. The number of hydrogen-bond acceptors (Lipinski definition) is 10. The van der Waals surface area contributed by atoms with Crippen molar-refractivity contribution in [1.29, 1.82) is 0 Å². The fourth-order valence-electron chi connectivity index (χ4n) is 9.68. The standard InChI is InChI=1S/C71H121NO10/c1-4-7-10-13-16-19-22-25-27-29-31-33-35-37-39-41-44-47-50-53-56-59-66(76)82-69-68(78)67(77)65(60-73)81-71(69)80-61-62(63(74)57-54-51-48-45-42-24-21-18-15-12-9-6-3)72-70(79)64(75)58-55-52-49-46-43-40-38-36-34-32-30-28-26-23-20-17-14-11-8-5-2/h8,11,16-17,19-20,25-28,31-34,38,40,54,57,62-65,67-69,71,73-75,77-78H,4-7,9-10,12-15,18,21-24,29-30,35-37,39,41-53,55-56,58-61H2,1-3H3,(H,72,79)/b11-8-,19-16-,20-17-,27-25-,28-26-,33-31-,34-32-,40-38-,57-54+. The zero-order valence-electron chi connectivity index (χ0n) is 52.1. The highest BCUT2D eigenvalue weighted by Gasteiger charge is 2.47. The molecule has 0 bridgehead atoms. The van der Waals surface area contributed by atoms with E-state index in [-0.39, 0.29) is 19.4 Å². The zero-order valence-corrected chi connectivity index (χ0v) is 52.1. The van der Waals surface area contributed by atoms with Crippen molar-refractivity contribution in [3.8, 4) is 0 Å². The molecule has 0 saturated carbocycles. The molecule has 82 heavy (non-hydrogen) atoms. The minimum absolute atomic E-state index is 0.107. The quantitative estimate of drug-likeness (QED) is 0.0195. The summed E-state index contributed by atoms with van der Waals surface area (Å²) in [7, 11) is 0. The molecule has 1 fully saturated rings. The van der Waals surface area contributed by atoms with E-state index in [4.69, 9.17) is 14.2 Å². The molecule has 1 saturated heterocycles. The average molecular weight is 1150 g/mol. The maximum Gasteiger partial charge on any atom is 0.306 e. The van der Waals surface area contributed by atoms with Gasteiger partial charge in [-0.1, -0.05) is 259 Å². The molecule has 1 rings (SSSR count). The summed E-state index contributed by atoms with van der Waals surface area (Å²) in [6, 6.07) is -1.04. The van der Waals surface area contributed by atoms with E-state index in [0.29, 0.717) is 12.8 Å². The molecule has 11 heteroatoms. The molecule has 1 aliphatic heterocycles. The van der Waals surface area contributed by atoms with Gasteiger partial charge in [-0.2, -0.15) is 0 Å².